The molecule has 3 nitrogen and oxygen atoms in total. The van der Waals surface area contributed by atoms with Crippen LogP contribution in [0.4, 0.5) is 0 Å². The fourth-order valence-electron chi connectivity index (χ4n) is 2.48. The van der Waals surface area contributed by atoms with Crippen LogP contribution in [0.2, 0.25) is 0 Å². The van der Waals surface area contributed by atoms with Gasteiger partial charge in [0.25, 0.3) is 0 Å². The molecule has 1 heterocycles. The van der Waals surface area contributed by atoms with Gasteiger partial charge in [-0.3, -0.25) is 0 Å². The van der Waals surface area contributed by atoms with Gasteiger partial charge in [0.1, 0.15) is 6.10 Å². The van der Waals surface area contributed by atoms with E-state index in [2.05, 4.69) is 12.4 Å². The SMILES string of the molecule is CNC1CCCCCCC1OC1COC1. The minimum atomic E-state index is 0.366. The summed E-state index contributed by atoms with van der Waals surface area (Å²) in [6, 6.07) is 0.547. The lowest BCUT2D eigenvalue weighted by molar-refractivity contribution is -0.163. The summed E-state index contributed by atoms with van der Waals surface area (Å²) in [5.74, 6) is 0. The van der Waals surface area contributed by atoms with Crippen LogP contribution in [0.15, 0.2) is 0 Å². The molecule has 2 atom stereocenters. The third kappa shape index (κ3) is 3.16. The van der Waals surface area contributed by atoms with E-state index < -0.39 is 0 Å². The molecule has 88 valence electrons. The van der Waals surface area contributed by atoms with Crippen molar-refractivity contribution in [1.82, 2.24) is 5.32 Å². The van der Waals surface area contributed by atoms with Crippen molar-refractivity contribution >= 4 is 0 Å². The van der Waals surface area contributed by atoms with Crippen LogP contribution in [-0.2, 0) is 9.47 Å². The lowest BCUT2D eigenvalue weighted by Gasteiger charge is -2.35. The smallest absolute Gasteiger partial charge is 0.105 e. The Morgan fingerprint density at radius 3 is 2.40 bits per heavy atom. The lowest BCUT2D eigenvalue weighted by Crippen LogP contribution is -2.46. The second kappa shape index (κ2) is 5.83. The molecule has 0 amide bonds. The number of likely N-dealkylation sites (N-methyl/N-ethyl adjacent to an activating group) is 1. The summed E-state index contributed by atoms with van der Waals surface area (Å²) in [6.45, 7) is 1.60. The maximum Gasteiger partial charge on any atom is 0.105 e. The van der Waals surface area contributed by atoms with Crippen LogP contribution < -0.4 is 5.32 Å². The summed E-state index contributed by atoms with van der Waals surface area (Å²) in [4.78, 5) is 0. The predicted octanol–water partition coefficient (Wildman–Crippen LogP) is 1.71. The fourth-order valence-corrected chi connectivity index (χ4v) is 2.48. The monoisotopic (exact) mass is 213 g/mol. The van der Waals surface area contributed by atoms with Crippen molar-refractivity contribution in [2.45, 2.75) is 56.8 Å². The lowest BCUT2D eigenvalue weighted by atomic mass is 9.94. The average molecular weight is 213 g/mol. The van der Waals surface area contributed by atoms with E-state index in [1.165, 1.54) is 38.5 Å². The summed E-state index contributed by atoms with van der Waals surface area (Å²) in [5, 5.41) is 3.41. The van der Waals surface area contributed by atoms with Gasteiger partial charge in [-0.1, -0.05) is 25.7 Å². The van der Waals surface area contributed by atoms with E-state index in [1.807, 2.05) is 0 Å². The summed E-state index contributed by atoms with van der Waals surface area (Å²) in [6.07, 6.45) is 8.66. The first kappa shape index (κ1) is 11.4. The molecule has 0 bridgehead atoms. The average Bonchev–Trinajstić information content (AvgIpc) is 2.14. The van der Waals surface area contributed by atoms with Gasteiger partial charge in [-0.05, 0) is 19.9 Å². The van der Waals surface area contributed by atoms with E-state index in [1.54, 1.807) is 0 Å². The Kier molecular flexibility index (Phi) is 4.42. The first-order chi connectivity index (χ1) is 7.40. The van der Waals surface area contributed by atoms with Crippen molar-refractivity contribution in [3.8, 4) is 0 Å². The van der Waals surface area contributed by atoms with Crippen LogP contribution >= 0.6 is 0 Å². The Labute approximate surface area is 92.5 Å². The van der Waals surface area contributed by atoms with E-state index in [0.29, 0.717) is 18.2 Å². The second-order valence-corrected chi connectivity index (χ2v) is 4.72. The van der Waals surface area contributed by atoms with Crippen molar-refractivity contribution in [3.05, 3.63) is 0 Å². The number of ether oxygens (including phenoxy) is 2. The highest BCUT2D eigenvalue weighted by atomic mass is 16.6. The van der Waals surface area contributed by atoms with E-state index >= 15 is 0 Å². The van der Waals surface area contributed by atoms with Gasteiger partial charge in [-0.15, -0.1) is 0 Å². The van der Waals surface area contributed by atoms with Gasteiger partial charge in [0.2, 0.25) is 0 Å². The molecule has 2 aliphatic rings. The Hall–Kier alpha value is -0.120. The maximum atomic E-state index is 6.08. The van der Waals surface area contributed by atoms with Gasteiger partial charge >= 0.3 is 0 Å². The molecule has 0 aromatic rings. The largest absolute Gasteiger partial charge is 0.376 e. The Morgan fingerprint density at radius 1 is 1.07 bits per heavy atom. The molecular formula is C12H23NO2. The molecule has 0 aromatic heterocycles. The molecule has 1 saturated heterocycles. The molecule has 0 spiro atoms. The molecule has 1 aliphatic carbocycles. The van der Waals surface area contributed by atoms with Gasteiger partial charge in [-0.2, -0.15) is 0 Å². The Balaban J connectivity index is 1.83. The molecular weight excluding hydrogens is 190 g/mol. The van der Waals surface area contributed by atoms with Gasteiger partial charge in [0, 0.05) is 6.04 Å². The van der Waals surface area contributed by atoms with Gasteiger partial charge in [0.05, 0.1) is 19.3 Å². The van der Waals surface area contributed by atoms with Crippen LogP contribution in [0.1, 0.15) is 38.5 Å². The molecule has 2 unspecified atom stereocenters. The van der Waals surface area contributed by atoms with Gasteiger partial charge in [0.15, 0.2) is 0 Å². The summed E-state index contributed by atoms with van der Waals surface area (Å²) in [7, 11) is 2.06. The van der Waals surface area contributed by atoms with Crippen LogP contribution in [0.25, 0.3) is 0 Å². The molecule has 0 radical (unpaired) electrons. The van der Waals surface area contributed by atoms with E-state index in [9.17, 15) is 0 Å². The predicted molar refractivity (Wildman–Crippen MR) is 60.0 cm³/mol. The zero-order valence-electron chi connectivity index (χ0n) is 9.71. The number of nitrogens with one attached hydrogen (secondary N) is 1. The zero-order chi connectivity index (χ0) is 10.5. The summed E-state index contributed by atoms with van der Waals surface area (Å²) >= 11 is 0. The molecule has 1 saturated carbocycles. The van der Waals surface area contributed by atoms with Crippen LogP contribution in [-0.4, -0.2) is 38.5 Å². The van der Waals surface area contributed by atoms with Crippen molar-refractivity contribution in [2.75, 3.05) is 20.3 Å². The summed E-state index contributed by atoms with van der Waals surface area (Å²) < 4.78 is 11.2. The second-order valence-electron chi connectivity index (χ2n) is 4.72. The first-order valence-corrected chi connectivity index (χ1v) is 6.30. The number of hydrogen-bond acceptors (Lipinski definition) is 3. The third-order valence-corrected chi connectivity index (χ3v) is 3.55. The highest BCUT2D eigenvalue weighted by Gasteiger charge is 2.28. The van der Waals surface area contributed by atoms with Crippen LogP contribution in [0.3, 0.4) is 0 Å². The highest BCUT2D eigenvalue weighted by Crippen LogP contribution is 2.22. The molecule has 1 N–H and O–H groups in total. The molecule has 2 fully saturated rings. The minimum absolute atomic E-state index is 0.366. The molecule has 0 aromatic carbocycles. The first-order valence-electron chi connectivity index (χ1n) is 6.30. The van der Waals surface area contributed by atoms with Crippen LogP contribution in [0.5, 0.6) is 0 Å². The van der Waals surface area contributed by atoms with E-state index in [0.717, 1.165) is 13.2 Å². The minimum Gasteiger partial charge on any atom is -0.376 e. The standard InChI is InChI=1S/C12H23NO2/c1-13-11-6-4-2-3-5-7-12(11)15-10-8-14-9-10/h10-13H,2-9H2,1H3. The molecule has 15 heavy (non-hydrogen) atoms. The molecule has 1 aliphatic heterocycles. The summed E-state index contributed by atoms with van der Waals surface area (Å²) in [5.41, 5.74) is 0. The molecule has 3 heteroatoms. The zero-order valence-corrected chi connectivity index (χ0v) is 9.71. The van der Waals surface area contributed by atoms with Crippen molar-refractivity contribution < 1.29 is 9.47 Å². The fraction of sp³-hybridized carbons (Fsp3) is 1.00. The normalized spacial score (nSPS) is 34.2. The highest BCUT2D eigenvalue weighted by molar-refractivity contribution is 4.80. The van der Waals surface area contributed by atoms with E-state index in [4.69, 9.17) is 9.47 Å². The van der Waals surface area contributed by atoms with Crippen molar-refractivity contribution in [1.29, 1.82) is 0 Å². The molecule has 2 rings (SSSR count). The van der Waals surface area contributed by atoms with Gasteiger partial charge < -0.3 is 14.8 Å². The number of hydrogen-bond donors (Lipinski definition) is 1. The van der Waals surface area contributed by atoms with Crippen LogP contribution in [0, 0.1) is 0 Å². The number of rotatable bonds is 3. The van der Waals surface area contributed by atoms with Crippen molar-refractivity contribution in [3.63, 3.8) is 0 Å². The Morgan fingerprint density at radius 2 is 1.80 bits per heavy atom. The van der Waals surface area contributed by atoms with Crippen molar-refractivity contribution in [2.24, 2.45) is 0 Å². The van der Waals surface area contributed by atoms with E-state index in [-0.39, 0.29) is 0 Å². The van der Waals surface area contributed by atoms with Gasteiger partial charge in [-0.25, -0.2) is 0 Å². The quantitative estimate of drug-likeness (QED) is 0.774. The Bertz CT molecular complexity index is 182. The maximum absolute atomic E-state index is 6.08. The third-order valence-electron chi connectivity index (χ3n) is 3.55. The topological polar surface area (TPSA) is 30.5 Å².